The first kappa shape index (κ1) is 20.8. The van der Waals surface area contributed by atoms with Gasteiger partial charge in [-0.05, 0) is 62.9 Å². The second-order valence-corrected chi connectivity index (χ2v) is 8.78. The number of benzene rings is 1. The van der Waals surface area contributed by atoms with E-state index in [1.165, 1.54) is 0 Å². The van der Waals surface area contributed by atoms with Crippen LogP contribution in [0.1, 0.15) is 47.4 Å². The number of aryl methyl sites for hydroxylation is 3. The highest BCUT2D eigenvalue weighted by molar-refractivity contribution is 6.30. The topological polar surface area (TPSA) is 74.8 Å². The molecule has 4 aromatic rings. The molecule has 1 saturated heterocycles. The van der Waals surface area contributed by atoms with E-state index in [0.29, 0.717) is 29.2 Å². The van der Waals surface area contributed by atoms with Gasteiger partial charge < -0.3 is 4.74 Å². The Morgan fingerprint density at radius 3 is 2.59 bits per heavy atom. The fourth-order valence-electron chi connectivity index (χ4n) is 4.34. The number of nitrogens with zero attached hydrogens (tertiary/aromatic N) is 5. The highest BCUT2D eigenvalue weighted by Gasteiger charge is 2.29. The molecule has 1 aliphatic heterocycles. The molecule has 4 heterocycles. The molecular weight excluding hydrogens is 426 g/mol. The lowest BCUT2D eigenvalue weighted by atomic mass is 9.87. The molecule has 0 unspecified atom stereocenters. The fourth-order valence-corrected chi connectivity index (χ4v) is 4.47. The maximum Gasteiger partial charge on any atom is 0.260 e. The third-order valence-corrected chi connectivity index (χ3v) is 6.43. The number of ether oxygens (including phenoxy) is 1. The first-order valence-corrected chi connectivity index (χ1v) is 11.1. The van der Waals surface area contributed by atoms with Crippen LogP contribution in [-0.2, 0) is 11.8 Å². The molecule has 0 bridgehead atoms. The Morgan fingerprint density at radius 2 is 1.88 bits per heavy atom. The van der Waals surface area contributed by atoms with Crippen LogP contribution in [0.25, 0.3) is 16.9 Å². The second-order valence-electron chi connectivity index (χ2n) is 8.35. The van der Waals surface area contributed by atoms with Crippen LogP contribution in [0.5, 0.6) is 0 Å². The molecule has 1 aliphatic rings. The molecule has 0 N–H and O–H groups in total. The summed E-state index contributed by atoms with van der Waals surface area (Å²) in [5.74, 6) is 0.0489. The molecule has 164 valence electrons. The maximum atomic E-state index is 13.8. The molecule has 0 radical (unpaired) electrons. The van der Waals surface area contributed by atoms with Crippen molar-refractivity contribution in [2.75, 3.05) is 6.61 Å². The molecule has 0 amide bonds. The van der Waals surface area contributed by atoms with E-state index in [4.69, 9.17) is 26.3 Å². The van der Waals surface area contributed by atoms with E-state index in [1.807, 2.05) is 51.5 Å². The Balaban J connectivity index is 1.66. The van der Waals surface area contributed by atoms with Gasteiger partial charge in [-0.15, -0.1) is 0 Å². The van der Waals surface area contributed by atoms with Crippen LogP contribution in [-0.4, -0.2) is 30.9 Å². The minimum atomic E-state index is -0.0904. The summed E-state index contributed by atoms with van der Waals surface area (Å²) >= 11 is 6.10. The summed E-state index contributed by atoms with van der Waals surface area (Å²) in [6, 6.07) is 9.16. The van der Waals surface area contributed by atoms with Gasteiger partial charge in [0, 0.05) is 36.0 Å². The lowest BCUT2D eigenvalue weighted by molar-refractivity contribution is 0.00502. The van der Waals surface area contributed by atoms with Crippen molar-refractivity contribution in [2.45, 2.75) is 38.7 Å². The van der Waals surface area contributed by atoms with Crippen LogP contribution in [0.2, 0.25) is 5.02 Å². The number of pyridine rings is 1. The molecule has 1 fully saturated rings. The van der Waals surface area contributed by atoms with Crippen molar-refractivity contribution >= 4 is 22.8 Å². The van der Waals surface area contributed by atoms with Crippen LogP contribution in [0.3, 0.4) is 0 Å². The van der Waals surface area contributed by atoms with Crippen LogP contribution in [0.4, 0.5) is 0 Å². The van der Waals surface area contributed by atoms with E-state index >= 15 is 0 Å². The summed E-state index contributed by atoms with van der Waals surface area (Å²) in [4.78, 5) is 23.3. The van der Waals surface area contributed by atoms with Crippen molar-refractivity contribution in [1.82, 2.24) is 24.3 Å². The van der Waals surface area contributed by atoms with Gasteiger partial charge in [0.15, 0.2) is 5.65 Å². The number of fused-ring (bicyclic) bond motifs is 1. The zero-order chi connectivity index (χ0) is 22.4. The van der Waals surface area contributed by atoms with Crippen molar-refractivity contribution in [3.63, 3.8) is 0 Å². The fraction of sp³-hybridized carbons (Fsp3) is 0.333. The normalized spacial score (nSPS) is 18.9. The predicted molar refractivity (Wildman–Crippen MR) is 123 cm³/mol. The van der Waals surface area contributed by atoms with Gasteiger partial charge in [0.1, 0.15) is 5.52 Å². The molecule has 3 aromatic heterocycles. The summed E-state index contributed by atoms with van der Waals surface area (Å²) < 4.78 is 9.45. The molecule has 32 heavy (non-hydrogen) atoms. The Bertz CT molecular complexity index is 1360. The maximum absolute atomic E-state index is 13.8. The van der Waals surface area contributed by atoms with Crippen molar-refractivity contribution in [3.05, 3.63) is 80.6 Å². The van der Waals surface area contributed by atoms with Crippen LogP contribution in [0, 0.1) is 13.8 Å². The third kappa shape index (κ3) is 3.72. The monoisotopic (exact) mass is 449 g/mol. The molecule has 0 aliphatic carbocycles. The van der Waals surface area contributed by atoms with Gasteiger partial charge in [-0.1, -0.05) is 11.6 Å². The quantitative estimate of drug-likeness (QED) is 0.462. The Hall–Kier alpha value is -3.03. The average Bonchev–Trinajstić information content (AvgIpc) is 3.22. The minimum absolute atomic E-state index is 0.0489. The standard InChI is InChI=1S/C24H24ClN5O2/c1-14-15(2)28-23-21(27-14)11-20(24(31)30(23)19-6-4-18(25)5-7-19)16-8-9-32-22(10-16)17-12-26-29(3)13-17/h4-7,11-13,16,22H,8-10H2,1-3H3/t16-,22+/m0/s1. The van der Waals surface area contributed by atoms with E-state index < -0.39 is 0 Å². The predicted octanol–water partition coefficient (Wildman–Crippen LogP) is 4.42. The van der Waals surface area contributed by atoms with E-state index in [1.54, 1.807) is 21.4 Å². The SMILES string of the molecule is Cc1nc2cc([C@H]3CCO[C@@H](c4cnn(C)c4)C3)c(=O)n(-c3ccc(Cl)cc3)c2nc1C. The van der Waals surface area contributed by atoms with E-state index in [-0.39, 0.29) is 17.6 Å². The molecular formula is C24H24ClN5O2. The van der Waals surface area contributed by atoms with Gasteiger partial charge in [0.05, 0.1) is 29.4 Å². The number of aromatic nitrogens is 5. The summed E-state index contributed by atoms with van der Waals surface area (Å²) in [6.07, 6.45) is 5.20. The van der Waals surface area contributed by atoms with Gasteiger partial charge in [0.25, 0.3) is 5.56 Å². The minimum Gasteiger partial charge on any atom is -0.373 e. The Morgan fingerprint density at radius 1 is 1.12 bits per heavy atom. The van der Waals surface area contributed by atoms with Crippen molar-refractivity contribution in [3.8, 4) is 5.69 Å². The average molecular weight is 450 g/mol. The largest absolute Gasteiger partial charge is 0.373 e. The molecule has 0 spiro atoms. The molecule has 2 atom stereocenters. The van der Waals surface area contributed by atoms with Crippen LogP contribution in [0.15, 0.2) is 47.5 Å². The van der Waals surface area contributed by atoms with Gasteiger partial charge in [-0.2, -0.15) is 5.10 Å². The lowest BCUT2D eigenvalue weighted by Gasteiger charge is -2.29. The number of rotatable bonds is 3. The second kappa shape index (κ2) is 8.15. The summed E-state index contributed by atoms with van der Waals surface area (Å²) in [7, 11) is 1.89. The van der Waals surface area contributed by atoms with Gasteiger partial charge in [0.2, 0.25) is 0 Å². The molecule has 5 rings (SSSR count). The van der Waals surface area contributed by atoms with Crippen molar-refractivity contribution in [2.24, 2.45) is 7.05 Å². The first-order chi connectivity index (χ1) is 15.4. The molecule has 8 heteroatoms. The highest BCUT2D eigenvalue weighted by Crippen LogP contribution is 2.37. The van der Waals surface area contributed by atoms with E-state index in [0.717, 1.165) is 34.6 Å². The summed E-state index contributed by atoms with van der Waals surface area (Å²) in [5, 5.41) is 4.88. The zero-order valence-corrected chi connectivity index (χ0v) is 19.0. The zero-order valence-electron chi connectivity index (χ0n) is 18.2. The van der Waals surface area contributed by atoms with E-state index in [9.17, 15) is 4.79 Å². The van der Waals surface area contributed by atoms with Gasteiger partial charge >= 0.3 is 0 Å². The smallest absolute Gasteiger partial charge is 0.260 e. The van der Waals surface area contributed by atoms with E-state index in [2.05, 4.69) is 5.10 Å². The van der Waals surface area contributed by atoms with Crippen molar-refractivity contribution < 1.29 is 4.74 Å². The lowest BCUT2D eigenvalue weighted by Crippen LogP contribution is -2.29. The van der Waals surface area contributed by atoms with Crippen LogP contribution >= 0.6 is 11.6 Å². The number of halogens is 1. The number of hydrogen-bond donors (Lipinski definition) is 0. The third-order valence-electron chi connectivity index (χ3n) is 6.17. The highest BCUT2D eigenvalue weighted by atomic mass is 35.5. The summed E-state index contributed by atoms with van der Waals surface area (Å²) in [6.45, 7) is 4.43. The first-order valence-electron chi connectivity index (χ1n) is 10.7. The summed E-state index contributed by atoms with van der Waals surface area (Å²) in [5.41, 5.74) is 5.33. The van der Waals surface area contributed by atoms with Crippen molar-refractivity contribution in [1.29, 1.82) is 0 Å². The molecule has 1 aromatic carbocycles. The van der Waals surface area contributed by atoms with Gasteiger partial charge in [-0.25, -0.2) is 9.97 Å². The molecule has 7 nitrogen and oxygen atoms in total. The Labute approximate surface area is 190 Å². The van der Waals surface area contributed by atoms with Crippen LogP contribution < -0.4 is 5.56 Å². The molecule has 0 saturated carbocycles. The number of hydrogen-bond acceptors (Lipinski definition) is 5. The Kier molecular flexibility index (Phi) is 5.31. The van der Waals surface area contributed by atoms with Gasteiger partial charge in [-0.3, -0.25) is 14.0 Å².